The lowest BCUT2D eigenvalue weighted by atomic mass is 10.3. The van der Waals surface area contributed by atoms with Crippen molar-refractivity contribution in [2.75, 3.05) is 5.75 Å². The molecule has 0 bridgehead atoms. The second-order valence-corrected chi connectivity index (χ2v) is 5.61. The highest BCUT2D eigenvalue weighted by Crippen LogP contribution is 2.09. The van der Waals surface area contributed by atoms with Crippen molar-refractivity contribution >= 4 is 27.7 Å². The molecule has 16 heavy (non-hydrogen) atoms. The van der Waals surface area contributed by atoms with E-state index in [0.29, 0.717) is 12.8 Å². The number of nitrogens with one attached hydrogen (secondary N) is 2. The fraction of sp³-hybridized carbons (Fsp3) is 0.625. The van der Waals surface area contributed by atoms with Crippen molar-refractivity contribution in [3.63, 3.8) is 0 Å². The zero-order chi connectivity index (χ0) is 12.3. The van der Waals surface area contributed by atoms with Crippen molar-refractivity contribution in [1.29, 1.82) is 0 Å². The first-order valence-electron chi connectivity index (χ1n) is 4.75. The average Bonchev–Trinajstić information content (AvgIpc) is 2.12. The van der Waals surface area contributed by atoms with Gasteiger partial charge in [0, 0.05) is 0 Å². The van der Waals surface area contributed by atoms with Crippen LogP contribution in [0.4, 0.5) is 4.79 Å². The topological polar surface area (TPSA) is 109 Å². The Balaban J connectivity index is 2.90. The maximum absolute atomic E-state index is 11.6. The molecule has 1 aliphatic heterocycles. The number of hydrogen-bond acceptors (Lipinski definition) is 5. The van der Waals surface area contributed by atoms with Gasteiger partial charge in [-0.3, -0.25) is 20.2 Å². The minimum absolute atomic E-state index is 0.247. The van der Waals surface area contributed by atoms with Crippen LogP contribution in [0.3, 0.4) is 0 Å². The number of sulfone groups is 1. The third-order valence-corrected chi connectivity index (χ3v) is 4.10. The molecule has 0 aromatic rings. The molecule has 0 spiro atoms. The summed E-state index contributed by atoms with van der Waals surface area (Å²) in [6.07, 6.45) is 1.00. The van der Waals surface area contributed by atoms with Crippen molar-refractivity contribution in [2.45, 2.75) is 25.0 Å². The molecule has 7 nitrogen and oxygen atoms in total. The number of amides is 4. The van der Waals surface area contributed by atoms with Crippen molar-refractivity contribution in [3.05, 3.63) is 0 Å². The van der Waals surface area contributed by atoms with Gasteiger partial charge < -0.3 is 0 Å². The van der Waals surface area contributed by atoms with E-state index in [1.54, 1.807) is 17.6 Å². The van der Waals surface area contributed by atoms with Crippen LogP contribution in [0.15, 0.2) is 0 Å². The van der Waals surface area contributed by atoms with Crippen molar-refractivity contribution in [2.24, 2.45) is 0 Å². The highest BCUT2D eigenvalue weighted by molar-refractivity contribution is 7.93. The van der Waals surface area contributed by atoms with Crippen LogP contribution in [-0.4, -0.2) is 37.3 Å². The third-order valence-electron chi connectivity index (χ3n) is 2.09. The molecule has 1 saturated heterocycles. The molecule has 0 atom stereocenters. The summed E-state index contributed by atoms with van der Waals surface area (Å²) >= 11 is 0. The molecular formula is C8H12N2O5S. The van der Waals surface area contributed by atoms with Crippen LogP contribution in [0, 0.1) is 0 Å². The maximum atomic E-state index is 11.6. The highest BCUT2D eigenvalue weighted by Gasteiger charge is 2.43. The molecule has 1 fully saturated rings. The lowest BCUT2D eigenvalue weighted by Crippen LogP contribution is -2.61. The van der Waals surface area contributed by atoms with Gasteiger partial charge in [-0.05, 0) is 6.42 Å². The monoisotopic (exact) mass is 248 g/mol. The smallest absolute Gasteiger partial charge is 0.276 e. The van der Waals surface area contributed by atoms with E-state index in [4.69, 9.17) is 0 Å². The second kappa shape index (κ2) is 4.60. The van der Waals surface area contributed by atoms with Crippen LogP contribution in [0.2, 0.25) is 0 Å². The Labute approximate surface area is 92.5 Å². The fourth-order valence-corrected chi connectivity index (χ4v) is 2.99. The van der Waals surface area contributed by atoms with E-state index in [1.165, 1.54) is 0 Å². The molecule has 8 heteroatoms. The summed E-state index contributed by atoms with van der Waals surface area (Å²) in [6, 6.07) is -0.989. The van der Waals surface area contributed by atoms with E-state index in [9.17, 15) is 22.8 Å². The molecule has 90 valence electrons. The van der Waals surface area contributed by atoms with Crippen LogP contribution in [-0.2, 0) is 19.4 Å². The van der Waals surface area contributed by atoms with Gasteiger partial charge in [0.2, 0.25) is 5.25 Å². The predicted octanol–water partition coefficient (Wildman–Crippen LogP) is -1.06. The summed E-state index contributed by atoms with van der Waals surface area (Å²) in [6.45, 7) is 1.79. The molecule has 1 heterocycles. The Morgan fingerprint density at radius 3 is 2.06 bits per heavy atom. The van der Waals surface area contributed by atoms with Gasteiger partial charge >= 0.3 is 6.03 Å². The Hall–Kier alpha value is -1.44. The molecule has 0 saturated carbocycles. The molecule has 0 aromatic heterocycles. The number of rotatable bonds is 4. The molecule has 0 unspecified atom stereocenters. The SMILES string of the molecule is CCCCS(=O)(=O)C1C(=O)NC(=O)NC1=O. The Bertz CT molecular complexity index is 408. The molecule has 2 N–H and O–H groups in total. The van der Waals surface area contributed by atoms with Gasteiger partial charge in [-0.25, -0.2) is 13.2 Å². The number of carbonyl (C=O) groups excluding carboxylic acids is 3. The molecule has 4 amide bonds. The summed E-state index contributed by atoms with van der Waals surface area (Å²) in [5, 5.41) is 1.70. The van der Waals surface area contributed by atoms with Gasteiger partial charge in [-0.2, -0.15) is 0 Å². The number of carbonyl (C=O) groups is 3. The fourth-order valence-electron chi connectivity index (χ4n) is 1.29. The summed E-state index contributed by atoms with van der Waals surface area (Å²) in [5.41, 5.74) is 0. The van der Waals surface area contributed by atoms with Gasteiger partial charge in [0.15, 0.2) is 9.84 Å². The Morgan fingerprint density at radius 1 is 1.12 bits per heavy atom. The zero-order valence-electron chi connectivity index (χ0n) is 8.65. The number of barbiturate groups is 1. The lowest BCUT2D eigenvalue weighted by Gasteiger charge is -2.20. The van der Waals surface area contributed by atoms with Crippen LogP contribution in [0.5, 0.6) is 0 Å². The third kappa shape index (κ3) is 2.57. The standard InChI is InChI=1S/C8H12N2O5S/c1-2-3-4-16(14,15)5-6(11)9-8(13)10-7(5)12/h5H,2-4H2,1H3,(H2,9,10,11,12,13). The normalized spacial score (nSPS) is 18.2. The molecule has 0 aromatic carbocycles. The van der Waals surface area contributed by atoms with E-state index in [2.05, 4.69) is 0 Å². The molecule has 1 aliphatic rings. The van der Waals surface area contributed by atoms with E-state index in [0.717, 1.165) is 0 Å². The molecule has 0 radical (unpaired) electrons. The van der Waals surface area contributed by atoms with E-state index >= 15 is 0 Å². The van der Waals surface area contributed by atoms with E-state index in [1.807, 2.05) is 0 Å². The Kier molecular flexibility index (Phi) is 3.63. The first-order chi connectivity index (χ1) is 7.38. The summed E-state index contributed by atoms with van der Waals surface area (Å²) in [7, 11) is -3.84. The van der Waals surface area contributed by atoms with Crippen LogP contribution < -0.4 is 10.6 Å². The van der Waals surface area contributed by atoms with Crippen molar-refractivity contribution in [1.82, 2.24) is 10.6 Å². The van der Waals surface area contributed by atoms with Gasteiger partial charge in [-0.1, -0.05) is 13.3 Å². The first kappa shape index (κ1) is 12.6. The lowest BCUT2D eigenvalue weighted by molar-refractivity contribution is -0.129. The van der Waals surface area contributed by atoms with E-state index < -0.39 is 32.9 Å². The van der Waals surface area contributed by atoms with Gasteiger partial charge in [0.1, 0.15) is 0 Å². The minimum atomic E-state index is -3.84. The summed E-state index contributed by atoms with van der Waals surface area (Å²) in [4.78, 5) is 33.2. The van der Waals surface area contributed by atoms with Crippen LogP contribution in [0.25, 0.3) is 0 Å². The Morgan fingerprint density at radius 2 is 1.62 bits per heavy atom. The minimum Gasteiger partial charge on any atom is -0.276 e. The number of unbranched alkanes of at least 4 members (excludes halogenated alkanes) is 1. The highest BCUT2D eigenvalue weighted by atomic mass is 32.2. The number of hydrogen-bond donors (Lipinski definition) is 2. The van der Waals surface area contributed by atoms with Crippen molar-refractivity contribution in [3.8, 4) is 0 Å². The van der Waals surface area contributed by atoms with Gasteiger partial charge in [-0.15, -0.1) is 0 Å². The number of urea groups is 1. The molecular weight excluding hydrogens is 236 g/mol. The quantitative estimate of drug-likeness (QED) is 0.616. The average molecular weight is 248 g/mol. The summed E-state index contributed by atoms with van der Waals surface area (Å²) in [5.74, 6) is -2.40. The van der Waals surface area contributed by atoms with Crippen LogP contribution in [0.1, 0.15) is 19.8 Å². The maximum Gasteiger partial charge on any atom is 0.328 e. The van der Waals surface area contributed by atoms with E-state index in [-0.39, 0.29) is 5.75 Å². The van der Waals surface area contributed by atoms with Gasteiger partial charge in [0.25, 0.3) is 11.8 Å². The second-order valence-electron chi connectivity index (χ2n) is 3.41. The van der Waals surface area contributed by atoms with Gasteiger partial charge in [0.05, 0.1) is 5.75 Å². The zero-order valence-corrected chi connectivity index (χ0v) is 9.46. The predicted molar refractivity (Wildman–Crippen MR) is 54.2 cm³/mol. The molecule has 0 aliphatic carbocycles. The first-order valence-corrected chi connectivity index (χ1v) is 6.47. The van der Waals surface area contributed by atoms with Crippen molar-refractivity contribution < 1.29 is 22.8 Å². The largest absolute Gasteiger partial charge is 0.328 e. The summed E-state index contributed by atoms with van der Waals surface area (Å²) < 4.78 is 23.3. The molecule has 1 rings (SSSR count). The van der Waals surface area contributed by atoms with Crippen LogP contribution >= 0.6 is 0 Å². The number of imide groups is 2.